The van der Waals surface area contributed by atoms with E-state index in [0.29, 0.717) is 5.39 Å². The minimum absolute atomic E-state index is 0.0297. The summed E-state index contributed by atoms with van der Waals surface area (Å²) in [6.07, 6.45) is 1.31. The Bertz CT molecular complexity index is 811. The zero-order valence-electron chi connectivity index (χ0n) is 9.62. The third-order valence-electron chi connectivity index (χ3n) is 2.76. The van der Waals surface area contributed by atoms with Crippen LogP contribution in [0, 0.1) is 0 Å². The number of para-hydroxylation sites is 1. The fraction of sp³-hybridized carbons (Fsp3) is 0. The van der Waals surface area contributed by atoms with E-state index in [9.17, 15) is 14.7 Å². The molecule has 19 heavy (non-hydrogen) atoms. The molecule has 2 heterocycles. The van der Waals surface area contributed by atoms with Crippen LogP contribution in [0.3, 0.4) is 0 Å². The summed E-state index contributed by atoms with van der Waals surface area (Å²) in [5.41, 5.74) is -1.09. The van der Waals surface area contributed by atoms with E-state index in [1.807, 2.05) is 0 Å². The number of furan rings is 1. The number of hydrogen-bond donors (Lipinski definition) is 1. The van der Waals surface area contributed by atoms with Crippen molar-refractivity contribution in [1.29, 1.82) is 0 Å². The van der Waals surface area contributed by atoms with E-state index >= 15 is 0 Å². The number of hydrogen-bond acceptors (Lipinski definition) is 5. The summed E-state index contributed by atoms with van der Waals surface area (Å²) in [7, 11) is 0. The second-order valence-corrected chi connectivity index (χ2v) is 3.92. The predicted octanol–water partition coefficient (Wildman–Crippen LogP) is 2.32. The quantitative estimate of drug-likeness (QED) is 0.562. The Labute approximate surface area is 106 Å². The molecule has 0 amide bonds. The van der Waals surface area contributed by atoms with Crippen molar-refractivity contribution in [2.24, 2.45) is 0 Å². The maximum atomic E-state index is 12.1. The van der Waals surface area contributed by atoms with Gasteiger partial charge in [-0.2, -0.15) is 0 Å². The molecule has 0 saturated carbocycles. The number of carbonyl (C=O) groups is 1. The van der Waals surface area contributed by atoms with Gasteiger partial charge in [-0.25, -0.2) is 4.79 Å². The molecule has 0 bridgehead atoms. The summed E-state index contributed by atoms with van der Waals surface area (Å²) in [5, 5.41) is 10.4. The maximum Gasteiger partial charge on any atom is 0.351 e. The molecule has 0 unspecified atom stereocenters. The molecule has 94 valence electrons. The van der Waals surface area contributed by atoms with Crippen molar-refractivity contribution in [2.75, 3.05) is 0 Å². The van der Waals surface area contributed by atoms with Crippen LogP contribution in [0.25, 0.3) is 11.0 Å². The summed E-state index contributed by atoms with van der Waals surface area (Å²) in [6.45, 7) is 0. The smallest absolute Gasteiger partial charge is 0.351 e. The molecule has 5 nitrogen and oxygen atoms in total. The highest BCUT2D eigenvalue weighted by Crippen LogP contribution is 2.27. The number of carbonyl (C=O) groups excluding carboxylic acids is 1. The van der Waals surface area contributed by atoms with Crippen LogP contribution in [0.4, 0.5) is 0 Å². The van der Waals surface area contributed by atoms with Gasteiger partial charge in [-0.3, -0.25) is 4.79 Å². The van der Waals surface area contributed by atoms with E-state index in [0.717, 1.165) is 0 Å². The lowest BCUT2D eigenvalue weighted by Crippen LogP contribution is -2.14. The highest BCUT2D eigenvalue weighted by molar-refractivity contribution is 6.10. The van der Waals surface area contributed by atoms with Gasteiger partial charge in [-0.15, -0.1) is 0 Å². The molecular weight excluding hydrogens is 248 g/mol. The highest BCUT2D eigenvalue weighted by atomic mass is 16.4. The van der Waals surface area contributed by atoms with Crippen LogP contribution in [-0.2, 0) is 0 Å². The maximum absolute atomic E-state index is 12.1. The Morgan fingerprint density at radius 1 is 1.11 bits per heavy atom. The normalized spacial score (nSPS) is 10.7. The molecule has 0 aliphatic rings. The average Bonchev–Trinajstić information content (AvgIpc) is 2.92. The van der Waals surface area contributed by atoms with Gasteiger partial charge in [0.25, 0.3) is 0 Å². The first kappa shape index (κ1) is 11.3. The number of rotatable bonds is 2. The molecule has 1 N–H and O–H groups in total. The van der Waals surface area contributed by atoms with Gasteiger partial charge in [0.15, 0.2) is 11.3 Å². The number of aromatic hydroxyl groups is 1. The van der Waals surface area contributed by atoms with E-state index in [1.165, 1.54) is 24.5 Å². The minimum Gasteiger partial charge on any atom is -0.506 e. The lowest BCUT2D eigenvalue weighted by atomic mass is 10.1. The van der Waals surface area contributed by atoms with E-state index in [1.54, 1.807) is 18.2 Å². The third kappa shape index (κ3) is 1.72. The molecule has 3 aromatic rings. The van der Waals surface area contributed by atoms with Crippen LogP contribution in [-0.4, -0.2) is 10.9 Å². The standard InChI is InChI=1S/C14H8O5/c15-12-8-4-1-2-5-9(8)19-14(17)11(12)13(16)10-6-3-7-18-10/h1-7,15H. The zero-order chi connectivity index (χ0) is 13.4. The predicted molar refractivity (Wildman–Crippen MR) is 66.3 cm³/mol. The minimum atomic E-state index is -0.891. The molecule has 5 heteroatoms. The molecule has 0 aliphatic carbocycles. The summed E-state index contributed by atoms with van der Waals surface area (Å²) in [5.74, 6) is -1.13. The molecule has 3 rings (SSSR count). The van der Waals surface area contributed by atoms with Gasteiger partial charge in [0, 0.05) is 0 Å². The first-order valence-corrected chi connectivity index (χ1v) is 5.51. The van der Waals surface area contributed by atoms with Gasteiger partial charge < -0.3 is 13.9 Å². The summed E-state index contributed by atoms with van der Waals surface area (Å²) >= 11 is 0. The van der Waals surface area contributed by atoms with E-state index in [-0.39, 0.29) is 11.3 Å². The summed E-state index contributed by atoms with van der Waals surface area (Å²) < 4.78 is 9.95. The monoisotopic (exact) mass is 256 g/mol. The van der Waals surface area contributed by atoms with Gasteiger partial charge in [-0.1, -0.05) is 12.1 Å². The largest absolute Gasteiger partial charge is 0.506 e. The van der Waals surface area contributed by atoms with Gasteiger partial charge >= 0.3 is 5.63 Å². The number of fused-ring (bicyclic) bond motifs is 1. The molecule has 0 saturated heterocycles. The Hall–Kier alpha value is -2.82. The van der Waals surface area contributed by atoms with Crippen molar-refractivity contribution in [1.82, 2.24) is 0 Å². The fourth-order valence-electron chi connectivity index (χ4n) is 1.86. The summed E-state index contributed by atoms with van der Waals surface area (Å²) in [6, 6.07) is 9.37. The van der Waals surface area contributed by atoms with E-state index in [2.05, 4.69) is 0 Å². The van der Waals surface area contributed by atoms with Gasteiger partial charge in [-0.05, 0) is 24.3 Å². The van der Waals surface area contributed by atoms with Crippen molar-refractivity contribution < 1.29 is 18.7 Å². The first-order valence-electron chi connectivity index (χ1n) is 5.51. The van der Waals surface area contributed by atoms with Crippen LogP contribution in [0.15, 0.2) is 56.3 Å². The molecule has 0 atom stereocenters. The van der Waals surface area contributed by atoms with Crippen LogP contribution < -0.4 is 5.63 Å². The Morgan fingerprint density at radius 3 is 2.63 bits per heavy atom. The van der Waals surface area contributed by atoms with Crippen LogP contribution in [0.1, 0.15) is 16.1 Å². The number of ketones is 1. The summed E-state index contributed by atoms with van der Waals surface area (Å²) in [4.78, 5) is 23.9. The van der Waals surface area contributed by atoms with Gasteiger partial charge in [0.1, 0.15) is 11.3 Å². The van der Waals surface area contributed by atoms with Crippen molar-refractivity contribution in [3.05, 3.63) is 64.4 Å². The Morgan fingerprint density at radius 2 is 1.89 bits per heavy atom. The molecule has 0 radical (unpaired) electrons. The SMILES string of the molecule is O=C(c1ccco1)c1c(O)c2ccccc2oc1=O. The zero-order valence-corrected chi connectivity index (χ0v) is 9.62. The van der Waals surface area contributed by atoms with Gasteiger partial charge in [0.2, 0.25) is 5.78 Å². The molecular formula is C14H8O5. The number of benzene rings is 1. The molecule has 2 aromatic heterocycles. The molecule has 0 fully saturated rings. The topological polar surface area (TPSA) is 80.7 Å². The molecule has 0 aliphatic heterocycles. The van der Waals surface area contributed by atoms with Crippen molar-refractivity contribution in [3.63, 3.8) is 0 Å². The fourth-order valence-corrected chi connectivity index (χ4v) is 1.86. The lowest BCUT2D eigenvalue weighted by molar-refractivity contribution is 0.100. The Kier molecular flexibility index (Phi) is 2.45. The van der Waals surface area contributed by atoms with Gasteiger partial charge in [0.05, 0.1) is 11.6 Å². The van der Waals surface area contributed by atoms with Crippen molar-refractivity contribution in [3.8, 4) is 5.75 Å². The van der Waals surface area contributed by atoms with Crippen LogP contribution in [0.5, 0.6) is 5.75 Å². The first-order chi connectivity index (χ1) is 9.18. The highest BCUT2D eigenvalue weighted by Gasteiger charge is 2.23. The average molecular weight is 256 g/mol. The van der Waals surface area contributed by atoms with E-state index in [4.69, 9.17) is 8.83 Å². The second kappa shape index (κ2) is 4.13. The van der Waals surface area contributed by atoms with Crippen molar-refractivity contribution in [2.45, 2.75) is 0 Å². The molecule has 1 aromatic carbocycles. The van der Waals surface area contributed by atoms with Crippen LogP contribution >= 0.6 is 0 Å². The van der Waals surface area contributed by atoms with Crippen molar-refractivity contribution >= 4 is 16.8 Å². The van der Waals surface area contributed by atoms with Crippen LogP contribution in [0.2, 0.25) is 0 Å². The molecule has 0 spiro atoms. The third-order valence-corrected chi connectivity index (χ3v) is 2.76. The second-order valence-electron chi connectivity index (χ2n) is 3.92. The Balaban J connectivity index is 2.30. The van der Waals surface area contributed by atoms with E-state index < -0.39 is 22.7 Å². The lowest BCUT2D eigenvalue weighted by Gasteiger charge is -2.03.